The van der Waals surface area contributed by atoms with Crippen molar-refractivity contribution >= 4 is 0 Å². The molecule has 2 nitrogen and oxygen atoms in total. The molecule has 2 heteroatoms. The van der Waals surface area contributed by atoms with Crippen LogP contribution in [0.2, 0.25) is 0 Å². The smallest absolute Gasteiger partial charge is 0.0465 e. The van der Waals surface area contributed by atoms with Crippen LogP contribution in [0.15, 0.2) is 0 Å². The summed E-state index contributed by atoms with van der Waals surface area (Å²) in [5, 5.41) is 0. The molecule has 15 heavy (non-hydrogen) atoms. The molecule has 0 heterocycles. The molecule has 0 bridgehead atoms. The van der Waals surface area contributed by atoms with Gasteiger partial charge in [0.05, 0.1) is 0 Å². The Hall–Kier alpha value is -0.0800. The Kier molecular flexibility index (Phi) is 4.19. The van der Waals surface area contributed by atoms with Crippen LogP contribution >= 0.6 is 0 Å². The third kappa shape index (κ3) is 2.94. The van der Waals surface area contributed by atoms with Crippen molar-refractivity contribution in [3.63, 3.8) is 0 Å². The molecule has 0 aromatic carbocycles. The summed E-state index contributed by atoms with van der Waals surface area (Å²) in [6, 6.07) is 0.768. The van der Waals surface area contributed by atoms with Crippen LogP contribution in [0.25, 0.3) is 0 Å². The second kappa shape index (κ2) is 4.84. The van der Waals surface area contributed by atoms with Gasteiger partial charge >= 0.3 is 0 Å². The molecule has 1 saturated carbocycles. The highest BCUT2D eigenvalue weighted by Gasteiger charge is 2.46. The first-order valence-corrected chi connectivity index (χ1v) is 6.03. The SMILES string of the molecule is COCCC1C(N(C)C)CC1C(C)(C)C. The fraction of sp³-hybridized carbons (Fsp3) is 1.00. The molecule has 90 valence electrons. The van der Waals surface area contributed by atoms with Crippen molar-refractivity contribution in [2.24, 2.45) is 17.3 Å². The molecule has 0 aliphatic heterocycles. The van der Waals surface area contributed by atoms with Gasteiger partial charge in [0, 0.05) is 19.8 Å². The van der Waals surface area contributed by atoms with E-state index in [2.05, 4.69) is 39.8 Å². The summed E-state index contributed by atoms with van der Waals surface area (Å²) in [4.78, 5) is 2.38. The predicted octanol–water partition coefficient (Wildman–Crippen LogP) is 2.64. The van der Waals surface area contributed by atoms with Gasteiger partial charge in [0.25, 0.3) is 0 Å². The van der Waals surface area contributed by atoms with Crippen LogP contribution in [0.5, 0.6) is 0 Å². The van der Waals surface area contributed by atoms with Crippen molar-refractivity contribution in [2.75, 3.05) is 27.8 Å². The summed E-state index contributed by atoms with van der Waals surface area (Å²) in [5.41, 5.74) is 0.449. The lowest BCUT2D eigenvalue weighted by Crippen LogP contribution is -2.54. The van der Waals surface area contributed by atoms with Crippen molar-refractivity contribution in [3.8, 4) is 0 Å². The zero-order valence-corrected chi connectivity index (χ0v) is 11.2. The zero-order chi connectivity index (χ0) is 11.6. The van der Waals surface area contributed by atoms with Gasteiger partial charge in [-0.15, -0.1) is 0 Å². The Morgan fingerprint density at radius 3 is 2.27 bits per heavy atom. The Morgan fingerprint density at radius 2 is 1.87 bits per heavy atom. The van der Waals surface area contributed by atoms with E-state index in [0.717, 1.165) is 24.5 Å². The molecule has 0 aromatic rings. The maximum Gasteiger partial charge on any atom is 0.0465 e. The molecular formula is C13H27NO. The molecule has 0 aromatic heterocycles. The molecule has 1 aliphatic rings. The quantitative estimate of drug-likeness (QED) is 0.712. The minimum atomic E-state index is 0.449. The van der Waals surface area contributed by atoms with Gasteiger partial charge < -0.3 is 9.64 Å². The summed E-state index contributed by atoms with van der Waals surface area (Å²) in [7, 11) is 6.20. The van der Waals surface area contributed by atoms with Crippen LogP contribution in [0.1, 0.15) is 33.6 Å². The summed E-state index contributed by atoms with van der Waals surface area (Å²) in [5.74, 6) is 1.68. The van der Waals surface area contributed by atoms with Crippen molar-refractivity contribution in [2.45, 2.75) is 39.7 Å². The van der Waals surface area contributed by atoms with E-state index in [1.165, 1.54) is 12.8 Å². The van der Waals surface area contributed by atoms with Gasteiger partial charge in [0.15, 0.2) is 0 Å². The van der Waals surface area contributed by atoms with Gasteiger partial charge in [0.2, 0.25) is 0 Å². The molecule has 0 saturated heterocycles. The normalized spacial score (nSPS) is 31.8. The summed E-state index contributed by atoms with van der Waals surface area (Å²) in [6.45, 7) is 8.00. The highest BCUT2D eigenvalue weighted by molar-refractivity contribution is 4.98. The first-order valence-electron chi connectivity index (χ1n) is 6.03. The Bertz CT molecular complexity index is 195. The molecule has 0 spiro atoms. The van der Waals surface area contributed by atoms with E-state index in [9.17, 15) is 0 Å². The largest absolute Gasteiger partial charge is 0.385 e. The molecule has 0 amide bonds. The maximum absolute atomic E-state index is 5.22. The standard InChI is InChI=1S/C13H27NO/c1-13(2,3)11-9-12(14(4)5)10(11)7-8-15-6/h10-12H,7-9H2,1-6H3. The molecule has 3 unspecified atom stereocenters. The van der Waals surface area contributed by atoms with Crippen molar-refractivity contribution < 1.29 is 4.74 Å². The van der Waals surface area contributed by atoms with Crippen LogP contribution in [-0.2, 0) is 4.74 Å². The second-order valence-corrected chi connectivity index (χ2v) is 6.18. The summed E-state index contributed by atoms with van der Waals surface area (Å²) in [6.07, 6.45) is 2.56. The van der Waals surface area contributed by atoms with E-state index in [0.29, 0.717) is 5.41 Å². The lowest BCUT2D eigenvalue weighted by molar-refractivity contribution is -0.0446. The predicted molar refractivity (Wildman–Crippen MR) is 65.0 cm³/mol. The van der Waals surface area contributed by atoms with Gasteiger partial charge in [0.1, 0.15) is 0 Å². The number of hydrogen-bond donors (Lipinski definition) is 0. The first-order chi connectivity index (χ1) is 6.88. The zero-order valence-electron chi connectivity index (χ0n) is 11.2. The minimum Gasteiger partial charge on any atom is -0.385 e. The first kappa shape index (κ1) is 13.0. The van der Waals surface area contributed by atoms with Gasteiger partial charge in [-0.05, 0) is 44.2 Å². The van der Waals surface area contributed by atoms with E-state index < -0.39 is 0 Å². The lowest BCUT2D eigenvalue weighted by Gasteiger charge is -2.53. The van der Waals surface area contributed by atoms with Gasteiger partial charge in [-0.3, -0.25) is 0 Å². The number of hydrogen-bond acceptors (Lipinski definition) is 2. The van der Waals surface area contributed by atoms with E-state index in [1.54, 1.807) is 7.11 Å². The fourth-order valence-corrected chi connectivity index (χ4v) is 2.92. The number of ether oxygens (including phenoxy) is 1. The second-order valence-electron chi connectivity index (χ2n) is 6.18. The number of nitrogens with zero attached hydrogens (tertiary/aromatic N) is 1. The van der Waals surface area contributed by atoms with E-state index >= 15 is 0 Å². The molecule has 0 N–H and O–H groups in total. The fourth-order valence-electron chi connectivity index (χ4n) is 2.92. The summed E-state index contributed by atoms with van der Waals surface area (Å²) < 4.78 is 5.22. The van der Waals surface area contributed by atoms with E-state index in [4.69, 9.17) is 4.74 Å². The molecular weight excluding hydrogens is 186 g/mol. The van der Waals surface area contributed by atoms with E-state index in [1.807, 2.05) is 0 Å². The van der Waals surface area contributed by atoms with Crippen molar-refractivity contribution in [3.05, 3.63) is 0 Å². The summed E-state index contributed by atoms with van der Waals surface area (Å²) >= 11 is 0. The van der Waals surface area contributed by atoms with Gasteiger partial charge in [-0.1, -0.05) is 20.8 Å². The average Bonchev–Trinajstić information content (AvgIpc) is 1.99. The Balaban J connectivity index is 2.55. The topological polar surface area (TPSA) is 12.5 Å². The third-order valence-corrected chi connectivity index (χ3v) is 3.94. The van der Waals surface area contributed by atoms with Gasteiger partial charge in [-0.2, -0.15) is 0 Å². The maximum atomic E-state index is 5.22. The monoisotopic (exact) mass is 213 g/mol. The van der Waals surface area contributed by atoms with Crippen molar-refractivity contribution in [1.82, 2.24) is 4.90 Å². The molecule has 3 atom stereocenters. The minimum absolute atomic E-state index is 0.449. The number of rotatable bonds is 4. The Labute approximate surface area is 95.0 Å². The molecule has 1 aliphatic carbocycles. The number of methoxy groups -OCH3 is 1. The molecule has 0 radical (unpaired) electrons. The van der Waals surface area contributed by atoms with Crippen LogP contribution in [0.3, 0.4) is 0 Å². The van der Waals surface area contributed by atoms with Crippen LogP contribution in [0, 0.1) is 17.3 Å². The molecule has 1 rings (SSSR count). The van der Waals surface area contributed by atoms with Crippen molar-refractivity contribution in [1.29, 1.82) is 0 Å². The van der Waals surface area contributed by atoms with Crippen LogP contribution < -0.4 is 0 Å². The lowest BCUT2D eigenvalue weighted by atomic mass is 9.57. The van der Waals surface area contributed by atoms with E-state index in [-0.39, 0.29) is 0 Å². The highest BCUT2D eigenvalue weighted by Crippen LogP contribution is 2.49. The van der Waals surface area contributed by atoms with Gasteiger partial charge in [-0.25, -0.2) is 0 Å². The Morgan fingerprint density at radius 1 is 1.27 bits per heavy atom. The highest BCUT2D eigenvalue weighted by atomic mass is 16.5. The molecule has 1 fully saturated rings. The third-order valence-electron chi connectivity index (χ3n) is 3.94. The van der Waals surface area contributed by atoms with Crippen LogP contribution in [-0.4, -0.2) is 38.8 Å². The average molecular weight is 213 g/mol. The van der Waals surface area contributed by atoms with Crippen LogP contribution in [0.4, 0.5) is 0 Å².